The molecule has 0 bridgehead atoms. The van der Waals surface area contributed by atoms with Crippen molar-refractivity contribution in [3.63, 3.8) is 0 Å². The van der Waals surface area contributed by atoms with E-state index >= 15 is 0 Å². The third-order valence-electron chi connectivity index (χ3n) is 4.14. The van der Waals surface area contributed by atoms with E-state index in [0.29, 0.717) is 18.2 Å². The number of nitrogens with zero attached hydrogens (tertiary/aromatic N) is 2. The number of aromatic nitrogens is 1. The van der Waals surface area contributed by atoms with Gasteiger partial charge in [0.05, 0.1) is 0 Å². The Morgan fingerprint density at radius 1 is 1.45 bits per heavy atom. The largest absolute Gasteiger partial charge is 0.478 e. The number of amides is 1. The van der Waals surface area contributed by atoms with Gasteiger partial charge in [0.2, 0.25) is 5.91 Å². The van der Waals surface area contributed by atoms with Crippen LogP contribution in [-0.4, -0.2) is 41.1 Å². The van der Waals surface area contributed by atoms with Gasteiger partial charge in [-0.2, -0.15) is 0 Å². The van der Waals surface area contributed by atoms with Gasteiger partial charge in [-0.3, -0.25) is 4.79 Å². The molecule has 0 saturated carbocycles. The van der Waals surface area contributed by atoms with E-state index in [1.807, 2.05) is 4.90 Å². The van der Waals surface area contributed by atoms with Crippen LogP contribution in [0.3, 0.4) is 0 Å². The van der Waals surface area contributed by atoms with E-state index in [1.54, 1.807) is 18.3 Å². The third-order valence-corrected chi connectivity index (χ3v) is 4.14. The van der Waals surface area contributed by atoms with E-state index in [2.05, 4.69) is 10.3 Å². The van der Waals surface area contributed by atoms with Gasteiger partial charge in [0, 0.05) is 31.7 Å². The van der Waals surface area contributed by atoms with Crippen molar-refractivity contribution in [3.8, 4) is 0 Å². The molecule has 2 unspecified atom stereocenters. The predicted molar refractivity (Wildman–Crippen MR) is 72.7 cm³/mol. The quantitative estimate of drug-likeness (QED) is 0.837. The lowest BCUT2D eigenvalue weighted by molar-refractivity contribution is -0.124. The Labute approximate surface area is 116 Å². The number of carboxylic acid groups (broad SMARTS) is 1. The summed E-state index contributed by atoms with van der Waals surface area (Å²) in [6.45, 7) is 1.47. The second-order valence-corrected chi connectivity index (χ2v) is 5.39. The number of anilines is 1. The summed E-state index contributed by atoms with van der Waals surface area (Å²) in [6, 6.07) is 3.45. The first-order valence-electron chi connectivity index (χ1n) is 6.88. The summed E-state index contributed by atoms with van der Waals surface area (Å²) < 4.78 is 0. The summed E-state index contributed by atoms with van der Waals surface area (Å²) in [5, 5.41) is 12.3. The topological polar surface area (TPSA) is 82.5 Å². The number of carbonyl (C=O) groups excluding carboxylic acids is 1. The fourth-order valence-corrected chi connectivity index (χ4v) is 3.12. The molecule has 0 spiro atoms. The van der Waals surface area contributed by atoms with Crippen molar-refractivity contribution in [2.45, 2.75) is 25.3 Å². The van der Waals surface area contributed by atoms with Crippen LogP contribution in [0.25, 0.3) is 0 Å². The fourth-order valence-electron chi connectivity index (χ4n) is 3.12. The molecular formula is C14H17N3O3. The Kier molecular flexibility index (Phi) is 3.30. The number of carboxylic acids is 1. The molecule has 3 rings (SSSR count). The van der Waals surface area contributed by atoms with Gasteiger partial charge in [-0.05, 0) is 30.9 Å². The maximum atomic E-state index is 11.4. The number of pyridine rings is 1. The maximum absolute atomic E-state index is 11.4. The average molecular weight is 275 g/mol. The van der Waals surface area contributed by atoms with Crippen LogP contribution in [0.4, 0.5) is 5.82 Å². The Balaban J connectivity index is 1.80. The summed E-state index contributed by atoms with van der Waals surface area (Å²) in [4.78, 5) is 28.9. The Bertz CT molecular complexity index is 546. The van der Waals surface area contributed by atoms with E-state index in [4.69, 9.17) is 0 Å². The first kappa shape index (κ1) is 12.9. The minimum absolute atomic E-state index is 0.128. The van der Waals surface area contributed by atoms with Crippen LogP contribution >= 0.6 is 0 Å². The van der Waals surface area contributed by atoms with Crippen LogP contribution in [0, 0.1) is 5.92 Å². The monoisotopic (exact) mass is 275 g/mol. The molecule has 2 N–H and O–H groups in total. The van der Waals surface area contributed by atoms with E-state index in [1.165, 1.54) is 0 Å². The van der Waals surface area contributed by atoms with Crippen molar-refractivity contribution < 1.29 is 14.7 Å². The lowest BCUT2D eigenvalue weighted by atomic mass is 9.85. The maximum Gasteiger partial charge on any atom is 0.339 e. The molecule has 6 heteroatoms. The Hall–Kier alpha value is -2.11. The van der Waals surface area contributed by atoms with Crippen LogP contribution < -0.4 is 10.2 Å². The van der Waals surface area contributed by atoms with Gasteiger partial charge < -0.3 is 15.3 Å². The summed E-state index contributed by atoms with van der Waals surface area (Å²) in [5.41, 5.74) is 0.241. The zero-order valence-electron chi connectivity index (χ0n) is 11.1. The molecule has 2 aliphatic heterocycles. The van der Waals surface area contributed by atoms with Crippen LogP contribution in [0.15, 0.2) is 18.3 Å². The zero-order valence-corrected chi connectivity index (χ0v) is 11.1. The highest BCUT2D eigenvalue weighted by Gasteiger charge is 2.35. The van der Waals surface area contributed by atoms with E-state index in [0.717, 1.165) is 25.9 Å². The van der Waals surface area contributed by atoms with Gasteiger partial charge in [-0.15, -0.1) is 0 Å². The van der Waals surface area contributed by atoms with Crippen molar-refractivity contribution >= 4 is 17.7 Å². The van der Waals surface area contributed by atoms with Crippen LogP contribution in [-0.2, 0) is 4.79 Å². The molecule has 0 radical (unpaired) electrons. The van der Waals surface area contributed by atoms with Gasteiger partial charge >= 0.3 is 5.97 Å². The summed E-state index contributed by atoms with van der Waals surface area (Å²) in [5.74, 6) is 0.0939. The fraction of sp³-hybridized carbons (Fsp3) is 0.500. The van der Waals surface area contributed by atoms with Crippen molar-refractivity contribution in [1.82, 2.24) is 10.3 Å². The van der Waals surface area contributed by atoms with Crippen molar-refractivity contribution in [2.24, 2.45) is 5.92 Å². The molecule has 2 aliphatic rings. The molecule has 2 saturated heterocycles. The number of rotatable bonds is 2. The molecule has 6 nitrogen and oxygen atoms in total. The lowest BCUT2D eigenvalue weighted by Crippen LogP contribution is -2.54. The number of piperidine rings is 2. The highest BCUT2D eigenvalue weighted by Crippen LogP contribution is 2.29. The second kappa shape index (κ2) is 5.11. The van der Waals surface area contributed by atoms with Crippen LogP contribution in [0.5, 0.6) is 0 Å². The summed E-state index contributed by atoms with van der Waals surface area (Å²) in [7, 11) is 0. The molecule has 1 aromatic heterocycles. The standard InChI is InChI=1S/C14H17N3O3/c18-12-4-3-9-8-17(7-5-11(9)16-12)13-10(14(19)20)2-1-6-15-13/h1-2,6,9,11H,3-5,7-8H2,(H,16,18)(H,19,20). The van der Waals surface area contributed by atoms with Crippen LogP contribution in [0.2, 0.25) is 0 Å². The smallest absolute Gasteiger partial charge is 0.339 e. The van der Waals surface area contributed by atoms with Gasteiger partial charge in [0.25, 0.3) is 0 Å². The molecule has 1 aromatic rings. The number of fused-ring (bicyclic) bond motifs is 1. The zero-order chi connectivity index (χ0) is 14.1. The number of aromatic carboxylic acids is 1. The molecule has 1 amide bonds. The van der Waals surface area contributed by atoms with Crippen LogP contribution in [0.1, 0.15) is 29.6 Å². The number of carbonyl (C=O) groups is 2. The van der Waals surface area contributed by atoms with E-state index in [9.17, 15) is 14.7 Å². The highest BCUT2D eigenvalue weighted by atomic mass is 16.4. The molecule has 0 aliphatic carbocycles. The Morgan fingerprint density at radius 2 is 2.30 bits per heavy atom. The lowest BCUT2D eigenvalue weighted by Gasteiger charge is -2.42. The molecule has 2 atom stereocenters. The predicted octanol–water partition coefficient (Wildman–Crippen LogP) is 0.885. The summed E-state index contributed by atoms with van der Waals surface area (Å²) in [6.07, 6.45) is 3.88. The second-order valence-electron chi connectivity index (χ2n) is 5.39. The molecular weight excluding hydrogens is 258 g/mol. The Morgan fingerprint density at radius 3 is 3.10 bits per heavy atom. The van der Waals surface area contributed by atoms with Gasteiger partial charge in [-0.1, -0.05) is 0 Å². The van der Waals surface area contributed by atoms with Gasteiger partial charge in [0.15, 0.2) is 0 Å². The van der Waals surface area contributed by atoms with Crippen molar-refractivity contribution in [2.75, 3.05) is 18.0 Å². The third kappa shape index (κ3) is 2.33. The minimum Gasteiger partial charge on any atom is -0.478 e. The number of hydrogen-bond donors (Lipinski definition) is 2. The molecule has 20 heavy (non-hydrogen) atoms. The molecule has 106 valence electrons. The van der Waals surface area contributed by atoms with Crippen molar-refractivity contribution in [3.05, 3.63) is 23.9 Å². The molecule has 2 fully saturated rings. The first-order valence-corrected chi connectivity index (χ1v) is 6.88. The number of nitrogens with one attached hydrogen (secondary N) is 1. The van der Waals surface area contributed by atoms with E-state index in [-0.39, 0.29) is 17.5 Å². The van der Waals surface area contributed by atoms with Gasteiger partial charge in [-0.25, -0.2) is 9.78 Å². The minimum atomic E-state index is -0.952. The normalized spacial score (nSPS) is 25.8. The molecule has 0 aromatic carbocycles. The number of hydrogen-bond acceptors (Lipinski definition) is 4. The van der Waals surface area contributed by atoms with Crippen molar-refractivity contribution in [1.29, 1.82) is 0 Å². The molecule has 3 heterocycles. The highest BCUT2D eigenvalue weighted by molar-refractivity contribution is 5.93. The summed E-state index contributed by atoms with van der Waals surface area (Å²) >= 11 is 0. The SMILES string of the molecule is O=C1CCC2CN(c3ncccc3C(=O)O)CCC2N1. The first-order chi connectivity index (χ1) is 9.65. The average Bonchev–Trinajstić information content (AvgIpc) is 2.46. The van der Waals surface area contributed by atoms with Gasteiger partial charge in [0.1, 0.15) is 11.4 Å². The van der Waals surface area contributed by atoms with E-state index < -0.39 is 5.97 Å².